The molecule has 0 bridgehead atoms. The Morgan fingerprint density at radius 1 is 1.15 bits per heavy atom. The summed E-state index contributed by atoms with van der Waals surface area (Å²) in [6.45, 7) is 6.69. The average molecular weight is 281 g/mol. The van der Waals surface area contributed by atoms with E-state index in [0.717, 1.165) is 19.3 Å². The van der Waals surface area contributed by atoms with Gasteiger partial charge in [-0.3, -0.25) is 0 Å². The first-order valence-corrected chi connectivity index (χ1v) is 7.47. The van der Waals surface area contributed by atoms with E-state index in [9.17, 15) is 8.78 Å². The van der Waals surface area contributed by atoms with Crippen LogP contribution in [-0.2, 0) is 6.42 Å². The summed E-state index contributed by atoms with van der Waals surface area (Å²) in [6.07, 6.45) is 3.42. The maximum absolute atomic E-state index is 13.8. The Hall–Kier alpha value is -0.960. The molecule has 1 aromatic carbocycles. The third-order valence-corrected chi connectivity index (χ3v) is 4.79. The molecule has 1 aliphatic rings. The van der Waals surface area contributed by atoms with Crippen LogP contribution < -0.4 is 5.73 Å². The van der Waals surface area contributed by atoms with Gasteiger partial charge in [0, 0.05) is 11.6 Å². The van der Waals surface area contributed by atoms with Crippen molar-refractivity contribution in [1.29, 1.82) is 0 Å². The first-order valence-electron chi connectivity index (χ1n) is 7.47. The first-order chi connectivity index (χ1) is 9.29. The van der Waals surface area contributed by atoms with E-state index in [-0.39, 0.29) is 22.9 Å². The van der Waals surface area contributed by atoms with Crippen LogP contribution in [0.4, 0.5) is 8.78 Å². The summed E-state index contributed by atoms with van der Waals surface area (Å²) in [6, 6.07) is 4.11. The summed E-state index contributed by atoms with van der Waals surface area (Å²) in [7, 11) is 0. The fraction of sp³-hybridized carbons (Fsp3) is 0.647. The van der Waals surface area contributed by atoms with Crippen LogP contribution in [0.2, 0.25) is 0 Å². The molecule has 1 nitrogen and oxygen atoms in total. The predicted octanol–water partition coefficient (Wildman–Crippen LogP) is 4.30. The summed E-state index contributed by atoms with van der Waals surface area (Å²) in [5.74, 6) is -0.160. The Balaban J connectivity index is 2.15. The highest BCUT2D eigenvalue weighted by Crippen LogP contribution is 2.41. The lowest BCUT2D eigenvalue weighted by atomic mass is 9.66. The van der Waals surface area contributed by atoms with Gasteiger partial charge in [0.2, 0.25) is 0 Å². The molecule has 2 rings (SSSR count). The standard InChI is InChI=1S/C17H25F2N/c1-17(2,3)12-7-8-16(20)11(9-12)10-13-14(18)5-4-6-15(13)19/h4-6,11-12,16H,7-10,20H2,1-3H3. The van der Waals surface area contributed by atoms with Crippen LogP contribution in [0.1, 0.15) is 45.6 Å². The number of nitrogens with two attached hydrogens (primary N) is 1. The van der Waals surface area contributed by atoms with Gasteiger partial charge >= 0.3 is 0 Å². The SMILES string of the molecule is CC(C)(C)C1CCC(N)C(Cc2c(F)cccc2F)C1. The summed E-state index contributed by atoms with van der Waals surface area (Å²) in [4.78, 5) is 0. The van der Waals surface area contributed by atoms with Crippen LogP contribution in [0.15, 0.2) is 18.2 Å². The molecule has 3 unspecified atom stereocenters. The minimum atomic E-state index is -0.449. The third-order valence-electron chi connectivity index (χ3n) is 4.79. The van der Waals surface area contributed by atoms with Crippen molar-refractivity contribution in [3.05, 3.63) is 35.4 Å². The average Bonchev–Trinajstić information content (AvgIpc) is 2.34. The van der Waals surface area contributed by atoms with Crippen molar-refractivity contribution >= 4 is 0 Å². The van der Waals surface area contributed by atoms with Gasteiger partial charge in [0.1, 0.15) is 11.6 Å². The van der Waals surface area contributed by atoms with Crippen LogP contribution in [0, 0.1) is 28.9 Å². The fourth-order valence-electron chi connectivity index (χ4n) is 3.30. The molecule has 1 fully saturated rings. The van der Waals surface area contributed by atoms with Gasteiger partial charge < -0.3 is 5.73 Å². The van der Waals surface area contributed by atoms with Crippen LogP contribution in [-0.4, -0.2) is 6.04 Å². The quantitative estimate of drug-likeness (QED) is 0.859. The van der Waals surface area contributed by atoms with E-state index in [1.807, 2.05) is 0 Å². The van der Waals surface area contributed by atoms with Crippen molar-refractivity contribution in [1.82, 2.24) is 0 Å². The second-order valence-electron chi connectivity index (χ2n) is 7.20. The molecule has 3 heteroatoms. The van der Waals surface area contributed by atoms with E-state index < -0.39 is 11.6 Å². The second-order valence-corrected chi connectivity index (χ2v) is 7.20. The molecule has 0 aliphatic heterocycles. The van der Waals surface area contributed by atoms with E-state index in [2.05, 4.69) is 20.8 Å². The molecule has 3 atom stereocenters. The maximum atomic E-state index is 13.8. The lowest BCUT2D eigenvalue weighted by Gasteiger charge is -2.40. The largest absolute Gasteiger partial charge is 0.327 e. The summed E-state index contributed by atoms with van der Waals surface area (Å²) in [5.41, 5.74) is 6.61. The zero-order valence-corrected chi connectivity index (χ0v) is 12.6. The monoisotopic (exact) mass is 281 g/mol. The highest BCUT2D eigenvalue weighted by Gasteiger charge is 2.35. The summed E-state index contributed by atoms with van der Waals surface area (Å²) < 4.78 is 27.6. The van der Waals surface area contributed by atoms with E-state index in [1.54, 1.807) is 0 Å². The van der Waals surface area contributed by atoms with Crippen molar-refractivity contribution in [2.24, 2.45) is 23.0 Å². The molecular formula is C17H25F2N. The molecular weight excluding hydrogens is 256 g/mol. The minimum Gasteiger partial charge on any atom is -0.327 e. The van der Waals surface area contributed by atoms with Crippen molar-refractivity contribution < 1.29 is 8.78 Å². The van der Waals surface area contributed by atoms with Gasteiger partial charge in [-0.15, -0.1) is 0 Å². The van der Waals surface area contributed by atoms with Gasteiger partial charge in [0.25, 0.3) is 0 Å². The van der Waals surface area contributed by atoms with E-state index >= 15 is 0 Å². The van der Waals surface area contributed by atoms with Crippen LogP contribution in [0.25, 0.3) is 0 Å². The molecule has 2 N–H and O–H groups in total. The van der Waals surface area contributed by atoms with Crippen LogP contribution in [0.3, 0.4) is 0 Å². The zero-order valence-electron chi connectivity index (χ0n) is 12.6. The van der Waals surface area contributed by atoms with Gasteiger partial charge in [-0.05, 0) is 55.1 Å². The van der Waals surface area contributed by atoms with Crippen LogP contribution in [0.5, 0.6) is 0 Å². The summed E-state index contributed by atoms with van der Waals surface area (Å²) in [5, 5.41) is 0. The van der Waals surface area contributed by atoms with Gasteiger partial charge in [0.15, 0.2) is 0 Å². The van der Waals surface area contributed by atoms with Gasteiger partial charge in [-0.1, -0.05) is 26.8 Å². The number of rotatable bonds is 2. The topological polar surface area (TPSA) is 26.0 Å². The Bertz CT molecular complexity index is 444. The Morgan fingerprint density at radius 3 is 2.30 bits per heavy atom. The molecule has 20 heavy (non-hydrogen) atoms. The van der Waals surface area contributed by atoms with Gasteiger partial charge in [-0.25, -0.2) is 8.78 Å². The number of hydrogen-bond donors (Lipinski definition) is 1. The van der Waals surface area contributed by atoms with Crippen molar-refractivity contribution in [2.75, 3.05) is 0 Å². The summed E-state index contributed by atoms with van der Waals surface area (Å²) >= 11 is 0. The second kappa shape index (κ2) is 5.80. The zero-order chi connectivity index (χ0) is 14.9. The molecule has 0 radical (unpaired) electrons. The van der Waals surface area contributed by atoms with Crippen molar-refractivity contribution in [2.45, 2.75) is 52.5 Å². The molecule has 0 spiro atoms. The highest BCUT2D eigenvalue weighted by atomic mass is 19.1. The van der Waals surface area contributed by atoms with E-state index in [0.29, 0.717) is 12.3 Å². The molecule has 0 saturated heterocycles. The predicted molar refractivity (Wildman–Crippen MR) is 78.3 cm³/mol. The molecule has 112 valence electrons. The Labute approximate surface area is 120 Å². The fourth-order valence-corrected chi connectivity index (χ4v) is 3.30. The normalized spacial score (nSPS) is 27.6. The molecule has 1 saturated carbocycles. The number of hydrogen-bond acceptors (Lipinski definition) is 1. The minimum absolute atomic E-state index is 0.0487. The highest BCUT2D eigenvalue weighted by molar-refractivity contribution is 5.20. The molecule has 1 aromatic rings. The Kier molecular flexibility index (Phi) is 4.48. The molecule has 0 amide bonds. The Morgan fingerprint density at radius 2 is 1.75 bits per heavy atom. The van der Waals surface area contributed by atoms with E-state index in [1.165, 1.54) is 18.2 Å². The lowest BCUT2D eigenvalue weighted by Crippen LogP contribution is -2.40. The molecule has 1 aliphatic carbocycles. The van der Waals surface area contributed by atoms with Gasteiger partial charge in [0.05, 0.1) is 0 Å². The lowest BCUT2D eigenvalue weighted by molar-refractivity contribution is 0.126. The molecule has 0 aromatic heterocycles. The van der Waals surface area contributed by atoms with Gasteiger partial charge in [-0.2, -0.15) is 0 Å². The first kappa shape index (κ1) is 15.4. The molecule has 0 heterocycles. The maximum Gasteiger partial charge on any atom is 0.129 e. The third kappa shape index (κ3) is 3.38. The van der Waals surface area contributed by atoms with Crippen LogP contribution >= 0.6 is 0 Å². The van der Waals surface area contributed by atoms with E-state index in [4.69, 9.17) is 5.73 Å². The number of halogens is 2. The number of benzene rings is 1. The van der Waals surface area contributed by atoms with Crippen molar-refractivity contribution in [3.63, 3.8) is 0 Å². The van der Waals surface area contributed by atoms with Crippen molar-refractivity contribution in [3.8, 4) is 0 Å². The smallest absolute Gasteiger partial charge is 0.129 e.